The molecule has 202 valence electrons. The standard InChI is InChI=1S/C27H37N7O3Si/c1-38(2,3)16-15-37-19-33-14-11-21-25(30-18-31-27(21)33)22-17-34(23(10-12-28)20-7-4-5-8-20)32-26(22)29-13-6-9-24(35)36/h6,9,11,14,17-18,20,23H,4-5,7-8,10,13,15-16,19H2,1-3H3,(H,29,32)(H,35,36)/b9-6+. The third-order valence-corrected chi connectivity index (χ3v) is 8.71. The number of anilines is 1. The summed E-state index contributed by atoms with van der Waals surface area (Å²) in [6.07, 6.45) is 13.0. The van der Waals surface area contributed by atoms with Crippen molar-refractivity contribution in [3.63, 3.8) is 0 Å². The van der Waals surface area contributed by atoms with Gasteiger partial charge in [-0.1, -0.05) is 38.6 Å². The average Bonchev–Trinajstić information content (AvgIpc) is 3.62. The van der Waals surface area contributed by atoms with Crippen molar-refractivity contribution in [1.29, 1.82) is 5.26 Å². The molecule has 4 rings (SSSR count). The van der Waals surface area contributed by atoms with Gasteiger partial charge in [-0.3, -0.25) is 4.68 Å². The summed E-state index contributed by atoms with van der Waals surface area (Å²) in [6.45, 7) is 8.43. The quantitative estimate of drug-likeness (QED) is 0.171. The number of rotatable bonds is 13. The van der Waals surface area contributed by atoms with Crippen LogP contribution in [0, 0.1) is 17.2 Å². The van der Waals surface area contributed by atoms with E-state index in [1.54, 1.807) is 12.4 Å². The van der Waals surface area contributed by atoms with Crippen LogP contribution in [0.2, 0.25) is 25.7 Å². The van der Waals surface area contributed by atoms with Crippen molar-refractivity contribution >= 4 is 30.9 Å². The molecule has 1 saturated carbocycles. The normalized spacial score (nSPS) is 15.3. The number of nitriles is 1. The Morgan fingerprint density at radius 3 is 2.84 bits per heavy atom. The number of carbonyl (C=O) groups is 1. The first-order chi connectivity index (χ1) is 18.3. The molecule has 0 amide bonds. The topological polar surface area (TPSA) is 131 Å². The highest BCUT2D eigenvalue weighted by Crippen LogP contribution is 2.38. The molecule has 0 aliphatic heterocycles. The second-order valence-corrected chi connectivity index (χ2v) is 16.7. The summed E-state index contributed by atoms with van der Waals surface area (Å²) < 4.78 is 9.84. The third kappa shape index (κ3) is 6.88. The number of aliphatic carboxylic acids is 1. The molecule has 1 aliphatic carbocycles. The number of aromatic nitrogens is 5. The molecule has 0 spiro atoms. The predicted molar refractivity (Wildman–Crippen MR) is 149 cm³/mol. The minimum atomic E-state index is -1.17. The highest BCUT2D eigenvalue weighted by molar-refractivity contribution is 6.76. The molecule has 1 atom stereocenters. The second-order valence-electron chi connectivity index (χ2n) is 11.1. The molecule has 3 heterocycles. The Kier molecular flexibility index (Phi) is 8.96. The number of carboxylic acids is 1. The van der Waals surface area contributed by atoms with E-state index in [1.165, 1.54) is 12.8 Å². The highest BCUT2D eigenvalue weighted by Gasteiger charge is 2.28. The Morgan fingerprint density at radius 2 is 2.13 bits per heavy atom. The van der Waals surface area contributed by atoms with Crippen molar-refractivity contribution in [2.45, 2.75) is 70.6 Å². The van der Waals surface area contributed by atoms with Crippen LogP contribution in [0.1, 0.15) is 38.1 Å². The fourth-order valence-corrected chi connectivity index (χ4v) is 5.71. The van der Waals surface area contributed by atoms with Crippen molar-refractivity contribution in [2.75, 3.05) is 18.5 Å². The van der Waals surface area contributed by atoms with Gasteiger partial charge in [0.25, 0.3) is 0 Å². The number of ether oxygens (including phenoxy) is 1. The van der Waals surface area contributed by atoms with Crippen LogP contribution in [0.25, 0.3) is 22.3 Å². The summed E-state index contributed by atoms with van der Waals surface area (Å²) in [5.74, 6) is 0.000796. The van der Waals surface area contributed by atoms with E-state index in [9.17, 15) is 10.1 Å². The Morgan fingerprint density at radius 1 is 1.34 bits per heavy atom. The number of fused-ring (bicyclic) bond motifs is 1. The minimum absolute atomic E-state index is 0.0203. The fraction of sp³-hybridized carbons (Fsp3) is 0.519. The van der Waals surface area contributed by atoms with Crippen molar-refractivity contribution in [3.8, 4) is 17.3 Å². The van der Waals surface area contributed by atoms with Gasteiger partial charge >= 0.3 is 5.97 Å². The molecule has 1 fully saturated rings. The zero-order chi connectivity index (χ0) is 27.1. The van der Waals surface area contributed by atoms with Gasteiger partial charge < -0.3 is 19.7 Å². The average molecular weight is 536 g/mol. The van der Waals surface area contributed by atoms with Crippen molar-refractivity contribution in [1.82, 2.24) is 24.3 Å². The molecule has 38 heavy (non-hydrogen) atoms. The van der Waals surface area contributed by atoms with Gasteiger partial charge in [-0.05, 0) is 30.9 Å². The molecule has 0 radical (unpaired) electrons. The van der Waals surface area contributed by atoms with E-state index in [1.807, 2.05) is 27.7 Å². The lowest BCUT2D eigenvalue weighted by Gasteiger charge is -2.21. The Balaban J connectivity index is 1.66. The lowest BCUT2D eigenvalue weighted by Crippen LogP contribution is -2.22. The SMILES string of the molecule is C[Si](C)(C)CCOCn1ccc2c(-c3cn(C(CC#N)C4CCCC4)nc3NC/C=C/C(=O)O)ncnc21. The Hall–Kier alpha value is -3.49. The molecule has 0 saturated heterocycles. The monoisotopic (exact) mass is 535 g/mol. The van der Waals surface area contributed by atoms with Gasteiger partial charge in [-0.25, -0.2) is 14.8 Å². The van der Waals surface area contributed by atoms with Gasteiger partial charge in [-0.2, -0.15) is 10.4 Å². The molecule has 2 N–H and O–H groups in total. The summed E-state index contributed by atoms with van der Waals surface area (Å²) >= 11 is 0. The summed E-state index contributed by atoms with van der Waals surface area (Å²) in [5.41, 5.74) is 2.30. The van der Waals surface area contributed by atoms with Crippen LogP contribution in [0.5, 0.6) is 0 Å². The van der Waals surface area contributed by atoms with Crippen molar-refractivity contribution in [3.05, 3.63) is 36.9 Å². The number of hydrogen-bond acceptors (Lipinski definition) is 7. The molecule has 3 aromatic rings. The van der Waals surface area contributed by atoms with Gasteiger partial charge in [-0.15, -0.1) is 0 Å². The van der Waals surface area contributed by atoms with Crippen LogP contribution in [0.4, 0.5) is 5.82 Å². The number of nitrogens with one attached hydrogen (secondary N) is 1. The fourth-order valence-electron chi connectivity index (χ4n) is 4.96. The third-order valence-electron chi connectivity index (χ3n) is 7.00. The van der Waals surface area contributed by atoms with Gasteiger partial charge in [0.1, 0.15) is 18.7 Å². The van der Waals surface area contributed by atoms with Crippen molar-refractivity contribution < 1.29 is 14.6 Å². The van der Waals surface area contributed by atoms with Gasteiger partial charge in [0.15, 0.2) is 5.82 Å². The first kappa shape index (κ1) is 27.5. The molecular formula is C27H37N7O3Si. The summed E-state index contributed by atoms with van der Waals surface area (Å²) in [4.78, 5) is 20.1. The highest BCUT2D eigenvalue weighted by atomic mass is 28.3. The molecule has 1 aliphatic rings. The van der Waals surface area contributed by atoms with Crippen LogP contribution in [0.15, 0.2) is 36.9 Å². The largest absolute Gasteiger partial charge is 0.478 e. The Bertz CT molecular complexity index is 1310. The molecule has 0 aromatic carbocycles. The summed E-state index contributed by atoms with van der Waals surface area (Å²) in [5, 5.41) is 27.5. The van der Waals surface area contributed by atoms with E-state index in [-0.39, 0.29) is 6.04 Å². The maximum Gasteiger partial charge on any atom is 0.328 e. The number of hydrogen-bond donors (Lipinski definition) is 2. The number of nitrogens with zero attached hydrogens (tertiary/aromatic N) is 6. The lowest BCUT2D eigenvalue weighted by molar-refractivity contribution is -0.131. The summed E-state index contributed by atoms with van der Waals surface area (Å²) in [6, 6.07) is 5.41. The van der Waals surface area contributed by atoms with Gasteiger partial charge in [0.2, 0.25) is 0 Å². The molecule has 0 bridgehead atoms. The molecule has 1 unspecified atom stereocenters. The van der Waals surface area contributed by atoms with E-state index in [4.69, 9.17) is 14.9 Å². The zero-order valence-electron chi connectivity index (χ0n) is 22.4. The minimum Gasteiger partial charge on any atom is -0.478 e. The zero-order valence-corrected chi connectivity index (χ0v) is 23.4. The molecule has 11 heteroatoms. The van der Waals surface area contributed by atoms with Crippen LogP contribution < -0.4 is 5.32 Å². The van der Waals surface area contributed by atoms with Crippen LogP contribution in [-0.4, -0.2) is 56.6 Å². The first-order valence-electron chi connectivity index (χ1n) is 13.2. The summed E-state index contributed by atoms with van der Waals surface area (Å²) in [7, 11) is -1.17. The van der Waals surface area contributed by atoms with Crippen molar-refractivity contribution in [2.24, 2.45) is 5.92 Å². The van der Waals surface area contributed by atoms with Gasteiger partial charge in [0.05, 0.1) is 29.8 Å². The first-order valence-corrected chi connectivity index (χ1v) is 16.9. The maximum absolute atomic E-state index is 10.9. The molecule has 3 aromatic heterocycles. The van der Waals surface area contributed by atoms with Crippen LogP contribution >= 0.6 is 0 Å². The van der Waals surface area contributed by atoms with Crippen LogP contribution in [-0.2, 0) is 16.3 Å². The molecule has 10 nitrogen and oxygen atoms in total. The van der Waals surface area contributed by atoms with E-state index in [2.05, 4.69) is 41.0 Å². The predicted octanol–water partition coefficient (Wildman–Crippen LogP) is 5.30. The van der Waals surface area contributed by atoms with Gasteiger partial charge in [0, 0.05) is 45.1 Å². The van der Waals surface area contributed by atoms with E-state index in [0.29, 0.717) is 31.4 Å². The van der Waals surface area contributed by atoms with E-state index < -0.39 is 14.0 Å². The van der Waals surface area contributed by atoms with E-state index in [0.717, 1.165) is 53.9 Å². The smallest absolute Gasteiger partial charge is 0.328 e. The lowest BCUT2D eigenvalue weighted by atomic mass is 9.96. The van der Waals surface area contributed by atoms with E-state index >= 15 is 0 Å². The Labute approximate surface area is 224 Å². The molecular weight excluding hydrogens is 498 g/mol. The van der Waals surface area contributed by atoms with Crippen LogP contribution in [0.3, 0.4) is 0 Å². The second kappa shape index (κ2) is 12.4. The number of carboxylic acid groups (broad SMARTS) is 1. The maximum atomic E-state index is 10.9.